The fourth-order valence-electron chi connectivity index (χ4n) is 3.14. The van der Waals surface area contributed by atoms with Gasteiger partial charge in [0, 0.05) is 0 Å². The van der Waals surface area contributed by atoms with Crippen molar-refractivity contribution in [3.05, 3.63) is 28.3 Å². The van der Waals surface area contributed by atoms with E-state index in [0.717, 1.165) is 25.7 Å². The highest BCUT2D eigenvalue weighted by Gasteiger charge is 2.35. The van der Waals surface area contributed by atoms with Gasteiger partial charge in [-0.05, 0) is 30.9 Å². The van der Waals surface area contributed by atoms with E-state index in [9.17, 15) is 15.2 Å². The normalized spacial score (nSPS) is 25.4. The molecule has 6 nitrogen and oxygen atoms in total. The number of methoxy groups -OCH3 is 1. The molecule has 0 saturated heterocycles. The predicted molar refractivity (Wildman–Crippen MR) is 80.7 cm³/mol. The van der Waals surface area contributed by atoms with Gasteiger partial charge in [0.1, 0.15) is 11.4 Å². The van der Waals surface area contributed by atoms with Gasteiger partial charge < -0.3 is 15.2 Å². The molecule has 1 aliphatic rings. The van der Waals surface area contributed by atoms with Crippen LogP contribution in [-0.2, 0) is 0 Å². The lowest BCUT2D eigenvalue weighted by molar-refractivity contribution is -0.384. The maximum absolute atomic E-state index is 11.2. The molecule has 1 fully saturated rings. The molecule has 2 atom stereocenters. The summed E-state index contributed by atoms with van der Waals surface area (Å²) >= 11 is 0. The number of nitrogens with one attached hydrogen (secondary N) is 1. The first-order chi connectivity index (χ1) is 9.99. The van der Waals surface area contributed by atoms with Gasteiger partial charge in [0.15, 0.2) is 0 Å². The van der Waals surface area contributed by atoms with E-state index in [0.29, 0.717) is 17.4 Å². The van der Waals surface area contributed by atoms with Crippen LogP contribution in [0.25, 0.3) is 0 Å². The molecule has 2 unspecified atom stereocenters. The molecule has 0 aliphatic heterocycles. The monoisotopic (exact) mass is 294 g/mol. The van der Waals surface area contributed by atoms with Crippen LogP contribution < -0.4 is 10.1 Å². The zero-order valence-corrected chi connectivity index (χ0v) is 12.5. The number of nitrogens with zero attached hydrogens (tertiary/aromatic N) is 1. The second-order valence-corrected chi connectivity index (χ2v) is 5.91. The van der Waals surface area contributed by atoms with Gasteiger partial charge in [-0.2, -0.15) is 0 Å². The maximum Gasteiger partial charge on any atom is 0.296 e. The molecule has 116 valence electrons. The minimum atomic E-state index is -0.475. The minimum Gasteiger partial charge on any atom is -0.496 e. The van der Waals surface area contributed by atoms with Crippen molar-refractivity contribution < 1.29 is 14.8 Å². The predicted octanol–water partition coefficient (Wildman–Crippen LogP) is 2.96. The van der Waals surface area contributed by atoms with Gasteiger partial charge in [0.05, 0.1) is 30.2 Å². The molecule has 0 amide bonds. The van der Waals surface area contributed by atoms with Gasteiger partial charge in [-0.3, -0.25) is 10.1 Å². The number of aliphatic hydroxyl groups is 1. The largest absolute Gasteiger partial charge is 0.496 e. The van der Waals surface area contributed by atoms with Gasteiger partial charge in [-0.25, -0.2) is 0 Å². The third-order valence-electron chi connectivity index (χ3n) is 4.20. The Morgan fingerprint density at radius 3 is 2.90 bits per heavy atom. The summed E-state index contributed by atoms with van der Waals surface area (Å²) in [6.07, 6.45) is 3.77. The van der Waals surface area contributed by atoms with Crippen LogP contribution in [0.4, 0.5) is 11.4 Å². The fraction of sp³-hybridized carbons (Fsp3) is 0.600. The van der Waals surface area contributed by atoms with Crippen molar-refractivity contribution in [1.82, 2.24) is 0 Å². The third-order valence-corrected chi connectivity index (χ3v) is 4.20. The Labute approximate surface area is 124 Å². The maximum atomic E-state index is 11.2. The molecule has 1 aromatic carbocycles. The van der Waals surface area contributed by atoms with Crippen LogP contribution in [0, 0.1) is 16.0 Å². The summed E-state index contributed by atoms with van der Waals surface area (Å²) in [5, 5.41) is 24.3. The first-order valence-electron chi connectivity index (χ1n) is 7.21. The molecule has 6 heteroatoms. The average Bonchev–Trinajstić information content (AvgIpc) is 2.47. The molecular weight excluding hydrogens is 272 g/mol. The van der Waals surface area contributed by atoms with E-state index in [1.165, 1.54) is 13.2 Å². The molecule has 0 radical (unpaired) electrons. The smallest absolute Gasteiger partial charge is 0.296 e. The van der Waals surface area contributed by atoms with E-state index in [-0.39, 0.29) is 12.3 Å². The first-order valence-corrected chi connectivity index (χ1v) is 7.21. The molecule has 21 heavy (non-hydrogen) atoms. The van der Waals surface area contributed by atoms with Crippen LogP contribution in [0.1, 0.15) is 32.6 Å². The molecule has 1 aliphatic carbocycles. The Morgan fingerprint density at radius 2 is 2.33 bits per heavy atom. The van der Waals surface area contributed by atoms with Gasteiger partial charge in [-0.1, -0.05) is 19.8 Å². The number of hydrogen-bond acceptors (Lipinski definition) is 5. The highest BCUT2D eigenvalue weighted by molar-refractivity contribution is 5.65. The summed E-state index contributed by atoms with van der Waals surface area (Å²) in [6, 6.07) is 4.74. The summed E-state index contributed by atoms with van der Waals surface area (Å²) in [5.41, 5.74) is -0.0684. The van der Waals surface area contributed by atoms with Crippen molar-refractivity contribution in [2.24, 2.45) is 5.92 Å². The van der Waals surface area contributed by atoms with E-state index in [2.05, 4.69) is 12.2 Å². The fourth-order valence-corrected chi connectivity index (χ4v) is 3.14. The van der Waals surface area contributed by atoms with Crippen LogP contribution in [0.5, 0.6) is 5.75 Å². The second kappa shape index (κ2) is 6.30. The summed E-state index contributed by atoms with van der Waals surface area (Å²) in [7, 11) is 1.48. The van der Waals surface area contributed by atoms with Crippen molar-refractivity contribution in [3.63, 3.8) is 0 Å². The molecule has 2 rings (SSSR count). The lowest BCUT2D eigenvalue weighted by Crippen LogP contribution is -2.46. The lowest BCUT2D eigenvalue weighted by atomic mass is 9.76. The van der Waals surface area contributed by atoms with E-state index in [1.807, 2.05) is 0 Å². The molecule has 1 saturated carbocycles. The summed E-state index contributed by atoms with van der Waals surface area (Å²) in [5.74, 6) is 0.943. The second-order valence-electron chi connectivity index (χ2n) is 5.91. The van der Waals surface area contributed by atoms with Gasteiger partial charge in [-0.15, -0.1) is 0 Å². The van der Waals surface area contributed by atoms with E-state index < -0.39 is 10.5 Å². The van der Waals surface area contributed by atoms with Crippen LogP contribution in [0.15, 0.2) is 18.2 Å². The highest BCUT2D eigenvalue weighted by Crippen LogP contribution is 2.38. The average molecular weight is 294 g/mol. The van der Waals surface area contributed by atoms with E-state index in [4.69, 9.17) is 4.74 Å². The van der Waals surface area contributed by atoms with E-state index >= 15 is 0 Å². The molecule has 2 N–H and O–H groups in total. The van der Waals surface area contributed by atoms with E-state index in [1.54, 1.807) is 12.1 Å². The Hall–Kier alpha value is -1.82. The van der Waals surface area contributed by atoms with Crippen molar-refractivity contribution in [2.75, 3.05) is 19.0 Å². The molecule has 0 bridgehead atoms. The van der Waals surface area contributed by atoms with Crippen molar-refractivity contribution in [2.45, 2.75) is 38.1 Å². The number of rotatable bonds is 5. The Kier molecular flexibility index (Phi) is 4.67. The van der Waals surface area contributed by atoms with Crippen LogP contribution >= 0.6 is 0 Å². The summed E-state index contributed by atoms with van der Waals surface area (Å²) in [4.78, 5) is 10.8. The zero-order valence-electron chi connectivity index (χ0n) is 12.5. The highest BCUT2D eigenvalue weighted by atomic mass is 16.6. The number of aliphatic hydroxyl groups excluding tert-OH is 1. The zero-order chi connectivity index (χ0) is 15.5. The SMILES string of the molecule is COc1ccc(NC2(CO)CCCC(C)C2)c([N+](=O)[O-])c1. The molecular formula is C15H22N2O4. The van der Waals surface area contributed by atoms with Crippen molar-refractivity contribution in [1.29, 1.82) is 0 Å². The van der Waals surface area contributed by atoms with Crippen molar-refractivity contribution in [3.8, 4) is 5.75 Å². The number of nitro groups is 1. The molecule has 0 spiro atoms. The molecule has 0 aromatic heterocycles. The Bertz CT molecular complexity index is 520. The minimum absolute atomic E-state index is 0.0273. The first kappa shape index (κ1) is 15.6. The van der Waals surface area contributed by atoms with Crippen LogP contribution in [-0.4, -0.2) is 29.3 Å². The van der Waals surface area contributed by atoms with Crippen LogP contribution in [0.3, 0.4) is 0 Å². The number of anilines is 1. The summed E-state index contributed by atoms with van der Waals surface area (Å²) < 4.78 is 5.04. The Balaban J connectivity index is 2.30. The number of hydrogen-bond donors (Lipinski definition) is 2. The van der Waals surface area contributed by atoms with Crippen LogP contribution in [0.2, 0.25) is 0 Å². The summed E-state index contributed by atoms with van der Waals surface area (Å²) in [6.45, 7) is 2.12. The number of ether oxygens (including phenoxy) is 1. The quantitative estimate of drug-likeness (QED) is 0.644. The molecule has 1 aromatic rings. The molecule has 0 heterocycles. The van der Waals surface area contributed by atoms with Crippen molar-refractivity contribution >= 4 is 11.4 Å². The number of nitro benzene ring substituents is 1. The Morgan fingerprint density at radius 1 is 1.57 bits per heavy atom. The third kappa shape index (κ3) is 3.44. The van der Waals surface area contributed by atoms with Gasteiger partial charge in [0.2, 0.25) is 0 Å². The lowest BCUT2D eigenvalue weighted by Gasteiger charge is -2.40. The van der Waals surface area contributed by atoms with Gasteiger partial charge >= 0.3 is 0 Å². The van der Waals surface area contributed by atoms with Gasteiger partial charge in [0.25, 0.3) is 5.69 Å². The topological polar surface area (TPSA) is 84.6 Å². The standard InChI is InChI=1S/C15H22N2O4/c1-11-4-3-7-15(9-11,10-18)16-13-6-5-12(21-2)8-14(13)17(19)20/h5-6,8,11,16,18H,3-4,7,9-10H2,1-2H3. The number of benzene rings is 1.